The third-order valence-corrected chi connectivity index (χ3v) is 3.58. The fraction of sp³-hybridized carbons (Fsp3) is 0. The molecule has 0 saturated heterocycles. The Morgan fingerprint density at radius 3 is 2.38 bits per heavy atom. The van der Waals surface area contributed by atoms with Crippen molar-refractivity contribution in [3.05, 3.63) is 61.5 Å². The number of ether oxygens (including phenoxy) is 1. The van der Waals surface area contributed by atoms with Crippen LogP contribution in [0.1, 0.15) is 0 Å². The van der Waals surface area contributed by atoms with Crippen molar-refractivity contribution in [2.75, 3.05) is 5.32 Å². The normalized spacial score (nSPS) is 10.0. The number of rotatable bonds is 3. The number of nitrogens with one attached hydrogen (secondary N) is 1. The van der Waals surface area contributed by atoms with E-state index in [1.807, 2.05) is 0 Å². The van der Waals surface area contributed by atoms with E-state index in [0.29, 0.717) is 10.2 Å². The monoisotopic (exact) mass is 414 g/mol. The molecule has 0 aliphatic rings. The number of nitro groups is 1. The van der Waals surface area contributed by atoms with E-state index in [2.05, 4.69) is 37.2 Å². The highest BCUT2D eigenvalue weighted by Gasteiger charge is 2.10. The standard InChI is InChI=1S/C13H8Br2N2O4/c14-8-1-6-12(11(15)7-8)16-13(18)21-10-4-2-9(3-5-10)17(19)20/h1-7H,(H,16,18). The third kappa shape index (κ3) is 4.27. The van der Waals surface area contributed by atoms with Crippen molar-refractivity contribution in [1.82, 2.24) is 0 Å². The lowest BCUT2D eigenvalue weighted by atomic mass is 10.3. The van der Waals surface area contributed by atoms with Gasteiger partial charge in [0.2, 0.25) is 0 Å². The average Bonchev–Trinajstić information content (AvgIpc) is 2.42. The molecule has 0 atom stereocenters. The van der Waals surface area contributed by atoms with Gasteiger partial charge in [-0.3, -0.25) is 15.4 Å². The highest BCUT2D eigenvalue weighted by atomic mass is 79.9. The molecule has 0 spiro atoms. The number of halogens is 2. The fourth-order valence-corrected chi connectivity index (χ4v) is 2.62. The number of nitrogens with zero attached hydrogens (tertiary/aromatic N) is 1. The van der Waals surface area contributed by atoms with Crippen molar-refractivity contribution in [3.8, 4) is 5.75 Å². The number of carbonyl (C=O) groups is 1. The van der Waals surface area contributed by atoms with Crippen molar-refractivity contribution in [2.45, 2.75) is 0 Å². The van der Waals surface area contributed by atoms with Crippen LogP contribution >= 0.6 is 31.9 Å². The quantitative estimate of drug-likeness (QED) is 0.580. The van der Waals surface area contributed by atoms with Gasteiger partial charge in [-0.15, -0.1) is 0 Å². The van der Waals surface area contributed by atoms with E-state index in [0.717, 1.165) is 4.47 Å². The second-order valence-corrected chi connectivity index (χ2v) is 5.66. The molecule has 108 valence electrons. The molecule has 1 amide bonds. The number of amides is 1. The van der Waals surface area contributed by atoms with Gasteiger partial charge in [0, 0.05) is 21.1 Å². The second kappa shape index (κ2) is 6.68. The number of nitro benzene ring substituents is 1. The number of anilines is 1. The van der Waals surface area contributed by atoms with Crippen LogP contribution in [0, 0.1) is 10.1 Å². The third-order valence-electron chi connectivity index (χ3n) is 2.43. The Morgan fingerprint density at radius 2 is 1.81 bits per heavy atom. The number of hydrogen-bond donors (Lipinski definition) is 1. The highest BCUT2D eigenvalue weighted by molar-refractivity contribution is 9.11. The van der Waals surface area contributed by atoms with Gasteiger partial charge >= 0.3 is 6.09 Å². The van der Waals surface area contributed by atoms with Crippen LogP contribution in [0.15, 0.2) is 51.4 Å². The van der Waals surface area contributed by atoms with Crippen molar-refractivity contribution < 1.29 is 14.5 Å². The molecule has 0 fully saturated rings. The van der Waals surface area contributed by atoms with Gasteiger partial charge in [0.15, 0.2) is 0 Å². The number of carbonyl (C=O) groups excluding carboxylic acids is 1. The van der Waals surface area contributed by atoms with E-state index in [4.69, 9.17) is 4.74 Å². The molecule has 6 nitrogen and oxygen atoms in total. The summed E-state index contributed by atoms with van der Waals surface area (Å²) in [7, 11) is 0. The summed E-state index contributed by atoms with van der Waals surface area (Å²) < 4.78 is 6.59. The van der Waals surface area contributed by atoms with Crippen molar-refractivity contribution >= 4 is 49.3 Å². The topological polar surface area (TPSA) is 81.5 Å². The Morgan fingerprint density at radius 1 is 1.14 bits per heavy atom. The van der Waals surface area contributed by atoms with E-state index in [-0.39, 0.29) is 11.4 Å². The first-order valence-corrected chi connectivity index (χ1v) is 7.22. The summed E-state index contributed by atoms with van der Waals surface area (Å²) >= 11 is 6.62. The zero-order chi connectivity index (χ0) is 15.4. The molecule has 2 aromatic carbocycles. The van der Waals surface area contributed by atoms with Crippen molar-refractivity contribution in [3.63, 3.8) is 0 Å². The van der Waals surface area contributed by atoms with Gasteiger partial charge in [0.25, 0.3) is 5.69 Å². The van der Waals surface area contributed by atoms with Gasteiger partial charge in [-0.2, -0.15) is 0 Å². The second-order valence-electron chi connectivity index (χ2n) is 3.89. The summed E-state index contributed by atoms with van der Waals surface area (Å²) in [6.45, 7) is 0. The minimum Gasteiger partial charge on any atom is -0.410 e. The molecule has 21 heavy (non-hydrogen) atoms. The van der Waals surface area contributed by atoms with Crippen LogP contribution in [0.2, 0.25) is 0 Å². The van der Waals surface area contributed by atoms with E-state index in [1.165, 1.54) is 24.3 Å². The van der Waals surface area contributed by atoms with Gasteiger partial charge in [-0.1, -0.05) is 15.9 Å². The summed E-state index contributed by atoms with van der Waals surface area (Å²) in [5.41, 5.74) is 0.475. The van der Waals surface area contributed by atoms with E-state index < -0.39 is 11.0 Å². The molecule has 8 heteroatoms. The van der Waals surface area contributed by atoms with Gasteiger partial charge in [-0.05, 0) is 46.3 Å². The Labute approximate surface area is 136 Å². The first-order valence-electron chi connectivity index (χ1n) is 5.64. The van der Waals surface area contributed by atoms with Gasteiger partial charge in [0.1, 0.15) is 5.75 Å². The first-order chi connectivity index (χ1) is 9.95. The molecule has 0 bridgehead atoms. The molecular weight excluding hydrogens is 408 g/mol. The van der Waals surface area contributed by atoms with Crippen LogP contribution in [0.25, 0.3) is 0 Å². The molecule has 0 aliphatic heterocycles. The zero-order valence-electron chi connectivity index (χ0n) is 10.4. The van der Waals surface area contributed by atoms with Crippen LogP contribution in [0.4, 0.5) is 16.2 Å². The molecule has 0 aromatic heterocycles. The zero-order valence-corrected chi connectivity index (χ0v) is 13.5. The molecule has 0 unspecified atom stereocenters. The average molecular weight is 416 g/mol. The Balaban J connectivity index is 2.02. The fourth-order valence-electron chi connectivity index (χ4n) is 1.47. The lowest BCUT2D eigenvalue weighted by Gasteiger charge is -2.08. The molecule has 0 aliphatic carbocycles. The summed E-state index contributed by atoms with van der Waals surface area (Å²) in [5, 5.41) is 13.1. The minimum atomic E-state index is -0.688. The smallest absolute Gasteiger partial charge is 0.410 e. The summed E-state index contributed by atoms with van der Waals surface area (Å²) in [6, 6.07) is 10.5. The maximum absolute atomic E-state index is 11.7. The lowest BCUT2D eigenvalue weighted by molar-refractivity contribution is -0.384. The van der Waals surface area contributed by atoms with Crippen LogP contribution in [0.3, 0.4) is 0 Å². The van der Waals surface area contributed by atoms with E-state index in [1.54, 1.807) is 18.2 Å². The van der Waals surface area contributed by atoms with Crippen LogP contribution in [-0.4, -0.2) is 11.0 Å². The van der Waals surface area contributed by atoms with Gasteiger partial charge in [0.05, 0.1) is 10.6 Å². The van der Waals surface area contributed by atoms with Gasteiger partial charge in [-0.25, -0.2) is 4.79 Å². The van der Waals surface area contributed by atoms with Crippen molar-refractivity contribution in [2.24, 2.45) is 0 Å². The Hall–Kier alpha value is -1.93. The number of hydrogen-bond acceptors (Lipinski definition) is 4. The van der Waals surface area contributed by atoms with Crippen molar-refractivity contribution in [1.29, 1.82) is 0 Å². The summed E-state index contributed by atoms with van der Waals surface area (Å²) in [6.07, 6.45) is -0.688. The molecule has 2 rings (SSSR count). The predicted octanol–water partition coefficient (Wildman–Crippen LogP) is 4.73. The molecule has 1 N–H and O–H groups in total. The molecule has 0 saturated carbocycles. The molecular formula is C13H8Br2N2O4. The van der Waals surface area contributed by atoms with Crippen LogP contribution in [0.5, 0.6) is 5.75 Å². The maximum atomic E-state index is 11.7. The highest BCUT2D eigenvalue weighted by Crippen LogP contribution is 2.26. The maximum Gasteiger partial charge on any atom is 0.417 e. The lowest BCUT2D eigenvalue weighted by Crippen LogP contribution is -2.16. The molecule has 0 heterocycles. The number of benzene rings is 2. The molecule has 0 radical (unpaired) electrons. The number of non-ortho nitro benzene ring substituents is 1. The molecule has 2 aromatic rings. The van der Waals surface area contributed by atoms with E-state index >= 15 is 0 Å². The van der Waals surface area contributed by atoms with E-state index in [9.17, 15) is 14.9 Å². The predicted molar refractivity (Wildman–Crippen MR) is 84.6 cm³/mol. The summed E-state index contributed by atoms with van der Waals surface area (Å²) in [5.74, 6) is 0.214. The summed E-state index contributed by atoms with van der Waals surface area (Å²) in [4.78, 5) is 21.7. The van der Waals surface area contributed by atoms with Crippen LogP contribution in [-0.2, 0) is 0 Å². The largest absolute Gasteiger partial charge is 0.417 e. The SMILES string of the molecule is O=C(Nc1ccc(Br)cc1Br)Oc1ccc([N+](=O)[O-])cc1. The van der Waals surface area contributed by atoms with Crippen LogP contribution < -0.4 is 10.1 Å². The Kier molecular flexibility index (Phi) is 4.92. The first kappa shape index (κ1) is 15.5. The van der Waals surface area contributed by atoms with Gasteiger partial charge < -0.3 is 4.74 Å². The minimum absolute atomic E-state index is 0.0709. The Bertz CT molecular complexity index is 689.